The van der Waals surface area contributed by atoms with Crippen molar-refractivity contribution < 1.29 is 9.59 Å². The lowest BCUT2D eigenvalue weighted by Crippen LogP contribution is -2.41. The van der Waals surface area contributed by atoms with E-state index in [1.54, 1.807) is 0 Å². The number of hydrazine groups is 1. The van der Waals surface area contributed by atoms with Crippen LogP contribution in [0.1, 0.15) is 43.8 Å². The largest absolute Gasteiger partial charge is 0.279 e. The van der Waals surface area contributed by atoms with Gasteiger partial charge in [-0.15, -0.1) is 11.3 Å². The molecule has 6 nitrogen and oxygen atoms in total. The third-order valence-electron chi connectivity index (χ3n) is 4.79. The number of aryl methyl sites for hydroxylation is 1. The van der Waals surface area contributed by atoms with Crippen molar-refractivity contribution in [2.45, 2.75) is 26.2 Å². The Labute approximate surface area is 161 Å². The van der Waals surface area contributed by atoms with Gasteiger partial charge in [0.2, 0.25) is 0 Å². The molecule has 0 bridgehead atoms. The van der Waals surface area contributed by atoms with Gasteiger partial charge in [-0.3, -0.25) is 25.5 Å². The van der Waals surface area contributed by atoms with E-state index < -0.39 is 5.91 Å². The van der Waals surface area contributed by atoms with Crippen LogP contribution in [0, 0.1) is 5.92 Å². The highest BCUT2D eigenvalue weighted by molar-refractivity contribution is 7.14. The molecule has 2 heterocycles. The molecule has 138 valence electrons. The molecule has 0 aliphatic heterocycles. The van der Waals surface area contributed by atoms with Gasteiger partial charge in [0.1, 0.15) is 0 Å². The maximum Gasteiger partial charge on any atom is 0.279 e. The standard InChI is InChI=1S/C20H20N4O2S/c1-12-7-8-16-14(9-12)10-17(27-16)20(26)24-23-19(25)15-11-21-22-18(15)13-5-3-2-4-6-13/h2-6,10-12H,7-9H2,1H3,(H,21,22)(H,23,25)(H,24,26). The molecule has 2 aromatic heterocycles. The smallest absolute Gasteiger partial charge is 0.277 e. The Kier molecular flexibility index (Phi) is 4.77. The predicted molar refractivity (Wildman–Crippen MR) is 104 cm³/mol. The number of rotatable bonds is 3. The number of benzene rings is 1. The number of nitrogens with one attached hydrogen (secondary N) is 3. The number of carbonyl (C=O) groups excluding carboxylic acids is 2. The number of thiophene rings is 1. The van der Waals surface area contributed by atoms with Crippen molar-refractivity contribution in [3.05, 3.63) is 63.5 Å². The Hall–Kier alpha value is -2.93. The maximum absolute atomic E-state index is 12.5. The molecule has 0 saturated carbocycles. The highest BCUT2D eigenvalue weighted by atomic mass is 32.1. The quantitative estimate of drug-likeness (QED) is 0.609. The van der Waals surface area contributed by atoms with Crippen LogP contribution in [0.3, 0.4) is 0 Å². The van der Waals surface area contributed by atoms with Gasteiger partial charge in [-0.2, -0.15) is 5.10 Å². The number of carbonyl (C=O) groups is 2. The van der Waals surface area contributed by atoms with Crippen molar-refractivity contribution in [3.63, 3.8) is 0 Å². The van der Waals surface area contributed by atoms with Gasteiger partial charge in [-0.25, -0.2) is 0 Å². The minimum absolute atomic E-state index is 0.292. The van der Waals surface area contributed by atoms with Crippen molar-refractivity contribution in [2.24, 2.45) is 5.92 Å². The lowest BCUT2D eigenvalue weighted by molar-refractivity contribution is 0.0849. The van der Waals surface area contributed by atoms with Gasteiger partial charge >= 0.3 is 0 Å². The average molecular weight is 380 g/mol. The number of amides is 2. The molecule has 1 aliphatic carbocycles. The van der Waals surface area contributed by atoms with Crippen LogP contribution in [0.25, 0.3) is 11.3 Å². The Morgan fingerprint density at radius 2 is 1.96 bits per heavy atom. The number of hydrogen-bond acceptors (Lipinski definition) is 4. The van der Waals surface area contributed by atoms with Crippen LogP contribution in [0.5, 0.6) is 0 Å². The van der Waals surface area contributed by atoms with Gasteiger partial charge in [0, 0.05) is 10.4 Å². The van der Waals surface area contributed by atoms with E-state index in [-0.39, 0.29) is 5.91 Å². The second kappa shape index (κ2) is 7.36. The van der Waals surface area contributed by atoms with Crippen molar-refractivity contribution in [2.75, 3.05) is 0 Å². The number of fused-ring (bicyclic) bond motifs is 1. The normalized spacial score (nSPS) is 15.8. The van der Waals surface area contributed by atoms with E-state index in [9.17, 15) is 9.59 Å². The van der Waals surface area contributed by atoms with Crippen LogP contribution in [-0.2, 0) is 12.8 Å². The molecule has 2 amide bonds. The molecular weight excluding hydrogens is 360 g/mol. The van der Waals surface area contributed by atoms with Gasteiger partial charge in [0.15, 0.2) is 0 Å². The van der Waals surface area contributed by atoms with Gasteiger partial charge in [0.25, 0.3) is 11.8 Å². The molecule has 0 fully saturated rings. The van der Waals surface area contributed by atoms with E-state index in [2.05, 4.69) is 28.0 Å². The fourth-order valence-corrected chi connectivity index (χ4v) is 4.45. The van der Waals surface area contributed by atoms with E-state index in [1.807, 2.05) is 36.4 Å². The number of aromatic amines is 1. The summed E-state index contributed by atoms with van der Waals surface area (Å²) < 4.78 is 0. The summed E-state index contributed by atoms with van der Waals surface area (Å²) in [6.45, 7) is 2.23. The molecular formula is C20H20N4O2S. The van der Waals surface area contributed by atoms with Gasteiger partial charge in [-0.1, -0.05) is 37.3 Å². The summed E-state index contributed by atoms with van der Waals surface area (Å²) in [5, 5.41) is 6.80. The van der Waals surface area contributed by atoms with E-state index in [4.69, 9.17) is 0 Å². The number of nitrogens with zero attached hydrogens (tertiary/aromatic N) is 1. The molecule has 1 aliphatic rings. The van der Waals surface area contributed by atoms with E-state index in [1.165, 1.54) is 28.0 Å². The van der Waals surface area contributed by atoms with Crippen LogP contribution in [0.2, 0.25) is 0 Å². The maximum atomic E-state index is 12.5. The first-order valence-corrected chi connectivity index (χ1v) is 9.74. The summed E-state index contributed by atoms with van der Waals surface area (Å²) >= 11 is 1.51. The molecule has 1 unspecified atom stereocenters. The predicted octanol–water partition coefficient (Wildman–Crippen LogP) is 3.34. The number of H-pyrrole nitrogens is 1. The fourth-order valence-electron chi connectivity index (χ4n) is 3.34. The van der Waals surface area contributed by atoms with Crippen molar-refractivity contribution in [1.29, 1.82) is 0 Å². The second-order valence-corrected chi connectivity index (χ2v) is 7.98. The minimum atomic E-state index is -0.411. The first-order chi connectivity index (χ1) is 13.1. The highest BCUT2D eigenvalue weighted by Gasteiger charge is 2.21. The average Bonchev–Trinajstić information content (AvgIpc) is 3.33. The Balaban J connectivity index is 1.43. The Morgan fingerprint density at radius 1 is 1.19 bits per heavy atom. The van der Waals surface area contributed by atoms with Gasteiger partial charge in [-0.05, 0) is 36.8 Å². The third kappa shape index (κ3) is 3.64. The second-order valence-electron chi connectivity index (χ2n) is 6.84. The van der Waals surface area contributed by atoms with Gasteiger partial charge < -0.3 is 0 Å². The molecule has 27 heavy (non-hydrogen) atoms. The minimum Gasteiger partial charge on any atom is -0.277 e. The number of hydrogen-bond donors (Lipinski definition) is 3. The third-order valence-corrected chi connectivity index (χ3v) is 6.02. The first kappa shape index (κ1) is 17.5. The van der Waals surface area contributed by atoms with Crippen LogP contribution in [0.15, 0.2) is 42.6 Å². The molecule has 0 radical (unpaired) electrons. The zero-order chi connectivity index (χ0) is 18.8. The Bertz CT molecular complexity index is 977. The highest BCUT2D eigenvalue weighted by Crippen LogP contribution is 2.32. The molecule has 4 rings (SSSR count). The first-order valence-electron chi connectivity index (χ1n) is 8.93. The molecule has 1 atom stereocenters. The molecule has 0 saturated heterocycles. The van der Waals surface area contributed by atoms with Crippen molar-refractivity contribution in [1.82, 2.24) is 21.0 Å². The summed E-state index contributed by atoms with van der Waals surface area (Å²) in [6, 6.07) is 11.4. The summed E-state index contributed by atoms with van der Waals surface area (Å²) in [7, 11) is 0. The summed E-state index contributed by atoms with van der Waals surface area (Å²) in [4.78, 5) is 26.8. The molecule has 0 spiro atoms. The van der Waals surface area contributed by atoms with E-state index in [0.29, 0.717) is 22.1 Å². The van der Waals surface area contributed by atoms with Crippen LogP contribution < -0.4 is 10.9 Å². The topological polar surface area (TPSA) is 86.9 Å². The van der Waals surface area contributed by atoms with Crippen LogP contribution >= 0.6 is 11.3 Å². The van der Waals surface area contributed by atoms with Gasteiger partial charge in [0.05, 0.1) is 22.3 Å². The van der Waals surface area contributed by atoms with E-state index >= 15 is 0 Å². The lowest BCUT2D eigenvalue weighted by atomic mass is 9.90. The SMILES string of the molecule is CC1CCc2sc(C(=O)NNC(=O)c3cn[nH]c3-c3ccccc3)cc2C1. The summed E-state index contributed by atoms with van der Waals surface area (Å²) in [5.74, 6) is -0.0498. The molecule has 3 aromatic rings. The molecule has 1 aromatic carbocycles. The Morgan fingerprint density at radius 3 is 2.78 bits per heavy atom. The monoisotopic (exact) mass is 380 g/mol. The van der Waals surface area contributed by atoms with E-state index in [0.717, 1.165) is 24.8 Å². The van der Waals surface area contributed by atoms with Crippen molar-refractivity contribution in [3.8, 4) is 11.3 Å². The molecule has 3 N–H and O–H groups in total. The lowest BCUT2D eigenvalue weighted by Gasteiger charge is -2.16. The van der Waals surface area contributed by atoms with Crippen LogP contribution in [-0.4, -0.2) is 22.0 Å². The fraction of sp³-hybridized carbons (Fsp3) is 0.250. The zero-order valence-corrected chi connectivity index (χ0v) is 15.7. The summed E-state index contributed by atoms with van der Waals surface area (Å²) in [5.41, 5.74) is 8.11. The van der Waals surface area contributed by atoms with Crippen molar-refractivity contribution >= 4 is 23.2 Å². The summed E-state index contributed by atoms with van der Waals surface area (Å²) in [6.07, 6.45) is 4.65. The molecule has 7 heteroatoms. The zero-order valence-electron chi connectivity index (χ0n) is 14.9. The van der Waals surface area contributed by atoms with Crippen LogP contribution in [0.4, 0.5) is 0 Å². The number of aromatic nitrogens is 2.